The van der Waals surface area contributed by atoms with E-state index in [4.69, 9.17) is 0 Å². The van der Waals surface area contributed by atoms with Gasteiger partial charge >= 0.3 is 0 Å². The van der Waals surface area contributed by atoms with Crippen LogP contribution in [0.2, 0.25) is 0 Å². The number of alkyl halides is 2. The molecule has 53 valence electrons. The van der Waals surface area contributed by atoms with Gasteiger partial charge in [0.25, 0.3) is 0 Å². The molecular weight excluding hydrogens is 568 g/mol. The topological polar surface area (TPSA) is 0 Å². The van der Waals surface area contributed by atoms with E-state index in [0.29, 0.717) is 0 Å². The fraction of sp³-hybridized carbons (Fsp3) is 0.400. The smallest absolute Gasteiger partial charge is 0.0895 e. The third-order valence-electron chi connectivity index (χ3n) is 0.628. The molecule has 0 atom stereocenters. The molecule has 0 aromatic heterocycles. The Labute approximate surface area is 111 Å². The number of hydrogen-bond donors (Lipinski definition) is 0. The first kappa shape index (κ1) is 11.7. The third kappa shape index (κ3) is 4.99. The Kier molecular flexibility index (Phi) is 6.91. The van der Waals surface area contributed by atoms with Gasteiger partial charge in [-0.15, -0.1) is 0 Å². The summed E-state index contributed by atoms with van der Waals surface area (Å²) in [5, 5.41) is 0. The Morgan fingerprint density at radius 2 is 1.78 bits per heavy atom. The summed E-state index contributed by atoms with van der Waals surface area (Å²) in [4.78, 5) is 0. The second kappa shape index (κ2) is 5.33. The maximum Gasteiger partial charge on any atom is 0.126 e. The predicted octanol–water partition coefficient (Wildman–Crippen LogP) is 4.49. The first-order valence-corrected chi connectivity index (χ1v) is 6.52. The van der Waals surface area contributed by atoms with E-state index >= 15 is 0 Å². The minimum atomic E-state index is 0.200. The molecule has 0 unspecified atom stereocenters. The van der Waals surface area contributed by atoms with Gasteiger partial charge in [0, 0.05) is 0 Å². The molecule has 0 aliphatic carbocycles. The number of hydrogen-bond acceptors (Lipinski definition) is 0. The lowest BCUT2D eigenvalue weighted by Gasteiger charge is -2.15. The first-order valence-electron chi connectivity index (χ1n) is 2.21. The molecular formula is C5H5I4. The highest BCUT2D eigenvalue weighted by Gasteiger charge is 2.26. The fourth-order valence-corrected chi connectivity index (χ4v) is 1.35. The second-order valence-electron chi connectivity index (χ2n) is 1.38. The van der Waals surface area contributed by atoms with Crippen LogP contribution in [0.1, 0.15) is 6.92 Å². The number of rotatable bonds is 2. The molecule has 0 spiro atoms. The Morgan fingerprint density at radius 1 is 1.33 bits per heavy atom. The Bertz CT molecular complexity index is 106. The van der Waals surface area contributed by atoms with E-state index in [9.17, 15) is 0 Å². The highest BCUT2D eigenvalue weighted by atomic mass is 127. The van der Waals surface area contributed by atoms with Crippen LogP contribution in [-0.4, -0.2) is 1.43 Å². The van der Waals surface area contributed by atoms with Gasteiger partial charge in [-0.25, -0.2) is 0 Å². The monoisotopic (exact) mass is 573 g/mol. The minimum Gasteiger partial charge on any atom is -0.0895 e. The molecule has 0 fully saturated rings. The molecule has 0 aliphatic heterocycles. The van der Waals surface area contributed by atoms with Gasteiger partial charge < -0.3 is 0 Å². The molecule has 4 heteroatoms. The van der Waals surface area contributed by atoms with Crippen LogP contribution in [0.15, 0.2) is 12.2 Å². The van der Waals surface area contributed by atoms with E-state index in [-0.39, 0.29) is 1.43 Å². The largest absolute Gasteiger partial charge is 0.126 e. The quantitative estimate of drug-likeness (QED) is 0.260. The van der Waals surface area contributed by atoms with Crippen LogP contribution in [0.4, 0.5) is 0 Å². The van der Waals surface area contributed by atoms with Gasteiger partial charge in [0.2, 0.25) is 0 Å². The first-order chi connectivity index (χ1) is 4.00. The Balaban J connectivity index is 4.01. The van der Waals surface area contributed by atoms with Crippen LogP contribution < -0.4 is 0 Å². The standard InChI is InChI=1S/C5H5I4/c1-2-3-5(8,9)4(6)7/h2-3H,1H3. The van der Waals surface area contributed by atoms with Crippen molar-refractivity contribution in [3.63, 3.8) is 0 Å². The molecule has 0 amide bonds. The molecule has 0 nitrogen and oxygen atoms in total. The van der Waals surface area contributed by atoms with Gasteiger partial charge in [0.1, 0.15) is 3.36 Å². The van der Waals surface area contributed by atoms with Gasteiger partial charge in [0.15, 0.2) is 0 Å². The normalized spacial score (nSPS) is 13.6. The van der Waals surface area contributed by atoms with E-state index in [0.717, 1.165) is 0 Å². The summed E-state index contributed by atoms with van der Waals surface area (Å²) in [6.45, 7) is 2.04. The molecule has 1 radical (unpaired) electrons. The summed E-state index contributed by atoms with van der Waals surface area (Å²) in [6.07, 6.45) is 4.26. The fourth-order valence-electron chi connectivity index (χ4n) is 0.272. The van der Waals surface area contributed by atoms with E-state index in [1.165, 1.54) is 1.93 Å². The zero-order chi connectivity index (χ0) is 7.49. The van der Waals surface area contributed by atoms with E-state index in [1.807, 2.05) is 6.92 Å². The SMILES string of the molecule is CC=CC(I)(I)[C](I)I. The lowest BCUT2D eigenvalue weighted by atomic mass is 10.4. The molecule has 0 saturated carbocycles. The van der Waals surface area contributed by atoms with E-state index in [2.05, 4.69) is 103 Å². The average molecular weight is 573 g/mol. The lowest BCUT2D eigenvalue weighted by molar-refractivity contribution is 1.40. The summed E-state index contributed by atoms with van der Waals surface area (Å²) >= 11 is 9.52. The van der Waals surface area contributed by atoms with Crippen LogP contribution in [0.25, 0.3) is 0 Å². The van der Waals surface area contributed by atoms with Crippen LogP contribution >= 0.6 is 90.4 Å². The molecule has 0 aromatic rings. The Morgan fingerprint density at radius 3 is 1.89 bits per heavy atom. The van der Waals surface area contributed by atoms with Crippen molar-refractivity contribution >= 4 is 90.4 Å². The van der Waals surface area contributed by atoms with Gasteiger partial charge in [-0.2, -0.15) is 0 Å². The molecule has 0 aliphatic rings. The molecule has 0 saturated heterocycles. The third-order valence-corrected chi connectivity index (χ3v) is 8.26. The van der Waals surface area contributed by atoms with Crippen LogP contribution in [0.3, 0.4) is 0 Å². The predicted molar refractivity (Wildman–Crippen MR) is 76.9 cm³/mol. The minimum absolute atomic E-state index is 0.200. The summed E-state index contributed by atoms with van der Waals surface area (Å²) in [5.74, 6) is 0. The molecule has 0 N–H and O–H groups in total. The van der Waals surface area contributed by atoms with Crippen molar-refractivity contribution in [2.45, 2.75) is 8.35 Å². The van der Waals surface area contributed by atoms with Gasteiger partial charge in [0.05, 0.1) is 0 Å². The molecule has 0 heterocycles. The van der Waals surface area contributed by atoms with Gasteiger partial charge in [-0.3, -0.25) is 0 Å². The lowest BCUT2D eigenvalue weighted by Crippen LogP contribution is -2.07. The van der Waals surface area contributed by atoms with Crippen LogP contribution in [0.5, 0.6) is 0 Å². The van der Waals surface area contributed by atoms with Crippen molar-refractivity contribution in [3.8, 4) is 0 Å². The molecule has 0 bridgehead atoms. The number of allylic oxidation sites excluding steroid dienone is 2. The molecule has 0 rings (SSSR count). The maximum atomic E-state index is 2.41. The molecule has 0 aromatic carbocycles. The van der Waals surface area contributed by atoms with Crippen molar-refractivity contribution in [2.75, 3.05) is 0 Å². The summed E-state index contributed by atoms with van der Waals surface area (Å²) in [5.41, 5.74) is 0. The van der Waals surface area contributed by atoms with Crippen LogP contribution in [-0.2, 0) is 0 Å². The summed E-state index contributed by atoms with van der Waals surface area (Å²) < 4.78 is 1.57. The van der Waals surface area contributed by atoms with Crippen molar-refractivity contribution in [1.82, 2.24) is 0 Å². The van der Waals surface area contributed by atoms with Gasteiger partial charge in [-0.1, -0.05) is 103 Å². The van der Waals surface area contributed by atoms with Crippen molar-refractivity contribution in [1.29, 1.82) is 0 Å². The van der Waals surface area contributed by atoms with E-state index < -0.39 is 0 Å². The average Bonchev–Trinajstić information content (AvgIpc) is 1.65. The zero-order valence-electron chi connectivity index (χ0n) is 4.67. The summed E-state index contributed by atoms with van der Waals surface area (Å²) in [7, 11) is 0. The zero-order valence-corrected chi connectivity index (χ0v) is 13.3. The maximum absolute atomic E-state index is 2.41. The molecule has 9 heavy (non-hydrogen) atoms. The second-order valence-corrected chi connectivity index (χ2v) is 11.1. The van der Waals surface area contributed by atoms with Crippen molar-refractivity contribution in [3.05, 3.63) is 14.1 Å². The highest BCUT2D eigenvalue weighted by Crippen LogP contribution is 2.46. The highest BCUT2D eigenvalue weighted by molar-refractivity contribution is 14.2. The van der Waals surface area contributed by atoms with Crippen LogP contribution in [0, 0.1) is 1.93 Å². The number of halogens is 4. The van der Waals surface area contributed by atoms with Crippen molar-refractivity contribution in [2.24, 2.45) is 0 Å². The van der Waals surface area contributed by atoms with E-state index in [1.54, 1.807) is 0 Å². The Hall–Kier alpha value is 2.66. The summed E-state index contributed by atoms with van der Waals surface area (Å²) in [6, 6.07) is 0. The van der Waals surface area contributed by atoms with Crippen molar-refractivity contribution < 1.29 is 0 Å². The van der Waals surface area contributed by atoms with Gasteiger partial charge in [-0.05, 0) is 6.92 Å².